The number of nitrogens with one attached hydrogen (secondary N) is 1. The molecule has 0 radical (unpaired) electrons. The summed E-state index contributed by atoms with van der Waals surface area (Å²) in [7, 11) is -2.19. The Bertz CT molecular complexity index is 1180. The van der Waals surface area contributed by atoms with Gasteiger partial charge in [0.15, 0.2) is 0 Å². The predicted octanol–water partition coefficient (Wildman–Crippen LogP) is 4.25. The molecule has 1 fully saturated rings. The minimum Gasteiger partial charge on any atom is -0.497 e. The number of hydrogen-bond donors (Lipinski definition) is 1. The lowest BCUT2D eigenvalue weighted by atomic mass is 9.95. The summed E-state index contributed by atoms with van der Waals surface area (Å²) < 4.78 is 45.3. The van der Waals surface area contributed by atoms with E-state index in [0.717, 1.165) is 41.8 Å². The number of carbonyl (C=O) groups excluding carboxylic acids is 2. The molecule has 1 aliphatic carbocycles. The number of methoxy groups -OCH3 is 1. The van der Waals surface area contributed by atoms with Gasteiger partial charge >= 0.3 is 0 Å². The Labute approximate surface area is 225 Å². The predicted molar refractivity (Wildman–Crippen MR) is 146 cm³/mol. The van der Waals surface area contributed by atoms with Crippen molar-refractivity contribution in [3.8, 4) is 5.75 Å². The third-order valence-corrected chi connectivity index (χ3v) is 8.08. The molecule has 1 atom stereocenters. The molecule has 8 nitrogen and oxygen atoms in total. The summed E-state index contributed by atoms with van der Waals surface area (Å²) in [5.74, 6) is -0.459. The molecule has 0 unspecified atom stereocenters. The fourth-order valence-corrected chi connectivity index (χ4v) is 5.68. The van der Waals surface area contributed by atoms with Crippen molar-refractivity contribution in [3.63, 3.8) is 0 Å². The highest BCUT2D eigenvalue weighted by molar-refractivity contribution is 7.92. The SMILES string of the molecule is COc1ccc(CN(C(=O)CCCN(c2ccccc2F)S(C)(=O)=O)[C@H](C)C(=O)NC2CCCCC2)cc1. The molecule has 0 heterocycles. The molecular weight excluding hydrogens is 509 g/mol. The molecule has 2 aromatic rings. The van der Waals surface area contributed by atoms with Crippen molar-refractivity contribution in [2.75, 3.05) is 24.2 Å². The third kappa shape index (κ3) is 8.18. The fourth-order valence-electron chi connectivity index (χ4n) is 4.72. The summed E-state index contributed by atoms with van der Waals surface area (Å²) in [6.45, 7) is 1.86. The van der Waals surface area contributed by atoms with E-state index in [2.05, 4.69) is 5.32 Å². The van der Waals surface area contributed by atoms with E-state index in [1.54, 1.807) is 32.2 Å². The lowest BCUT2D eigenvalue weighted by Gasteiger charge is -2.31. The van der Waals surface area contributed by atoms with Crippen LogP contribution in [0.5, 0.6) is 5.75 Å². The van der Waals surface area contributed by atoms with Gasteiger partial charge in [-0.05, 0) is 56.0 Å². The fraction of sp³-hybridized carbons (Fsp3) is 0.500. The number of hydrogen-bond acceptors (Lipinski definition) is 5. The number of ether oxygens (including phenoxy) is 1. The summed E-state index contributed by atoms with van der Waals surface area (Å²) in [6, 6.07) is 12.3. The lowest BCUT2D eigenvalue weighted by Crippen LogP contribution is -2.50. The molecule has 1 saturated carbocycles. The van der Waals surface area contributed by atoms with Crippen LogP contribution in [-0.2, 0) is 26.2 Å². The van der Waals surface area contributed by atoms with Crippen molar-refractivity contribution in [3.05, 3.63) is 59.9 Å². The first-order valence-electron chi connectivity index (χ1n) is 13.0. The van der Waals surface area contributed by atoms with Crippen LogP contribution < -0.4 is 14.4 Å². The van der Waals surface area contributed by atoms with E-state index in [4.69, 9.17) is 4.74 Å². The molecule has 208 valence electrons. The Balaban J connectivity index is 1.72. The standard InChI is InChI=1S/C28H38FN3O5S/c1-21(28(34)30-23-10-5-4-6-11-23)31(20-22-15-17-24(37-2)18-16-22)27(33)14-9-19-32(38(3,35)36)26-13-8-7-12-25(26)29/h7-8,12-13,15-18,21,23H,4-6,9-11,14,19-20H2,1-3H3,(H,30,34)/t21-/m1/s1. The number of benzene rings is 2. The monoisotopic (exact) mass is 547 g/mol. The molecule has 0 saturated heterocycles. The Morgan fingerprint density at radius 3 is 2.34 bits per heavy atom. The van der Waals surface area contributed by atoms with Crippen LogP contribution in [0.2, 0.25) is 0 Å². The number of sulfonamides is 1. The quantitative estimate of drug-likeness (QED) is 0.429. The molecule has 1 N–H and O–H groups in total. The first-order chi connectivity index (χ1) is 18.1. The van der Waals surface area contributed by atoms with E-state index < -0.39 is 21.9 Å². The molecule has 38 heavy (non-hydrogen) atoms. The smallest absolute Gasteiger partial charge is 0.242 e. The average Bonchev–Trinajstić information content (AvgIpc) is 2.90. The number of carbonyl (C=O) groups is 2. The van der Waals surface area contributed by atoms with Gasteiger partial charge in [0.2, 0.25) is 21.8 Å². The lowest BCUT2D eigenvalue weighted by molar-refractivity contribution is -0.141. The largest absolute Gasteiger partial charge is 0.497 e. The minimum atomic E-state index is -3.77. The number of rotatable bonds is 12. The van der Waals surface area contributed by atoms with Gasteiger partial charge < -0.3 is 15.0 Å². The van der Waals surface area contributed by atoms with Gasteiger partial charge in [-0.25, -0.2) is 12.8 Å². The summed E-state index contributed by atoms with van der Waals surface area (Å²) in [5.41, 5.74) is 0.776. The molecule has 2 aromatic carbocycles. The second kappa shape index (κ2) is 13.6. The second-order valence-corrected chi connectivity index (χ2v) is 11.7. The average molecular weight is 548 g/mol. The normalized spacial score (nSPS) is 14.9. The van der Waals surface area contributed by atoms with Gasteiger partial charge in [0.05, 0.1) is 19.1 Å². The number of para-hydroxylation sites is 1. The molecule has 1 aliphatic rings. The maximum Gasteiger partial charge on any atom is 0.242 e. The van der Waals surface area contributed by atoms with Crippen LogP contribution in [0.3, 0.4) is 0 Å². The minimum absolute atomic E-state index is 0.00231. The van der Waals surface area contributed by atoms with Crippen LogP contribution in [0, 0.1) is 5.82 Å². The molecule has 10 heteroatoms. The molecule has 0 aromatic heterocycles. The summed E-state index contributed by atoms with van der Waals surface area (Å²) in [5, 5.41) is 3.10. The Kier molecular flexibility index (Phi) is 10.5. The zero-order chi connectivity index (χ0) is 27.7. The maximum atomic E-state index is 14.3. The van der Waals surface area contributed by atoms with E-state index in [1.165, 1.54) is 29.5 Å². The van der Waals surface area contributed by atoms with E-state index in [9.17, 15) is 22.4 Å². The summed E-state index contributed by atoms with van der Waals surface area (Å²) in [6.07, 6.45) is 6.36. The van der Waals surface area contributed by atoms with Crippen LogP contribution >= 0.6 is 0 Å². The summed E-state index contributed by atoms with van der Waals surface area (Å²) in [4.78, 5) is 28.1. The molecule has 3 rings (SSSR count). The first-order valence-corrected chi connectivity index (χ1v) is 14.9. The van der Waals surface area contributed by atoms with Gasteiger partial charge in [-0.2, -0.15) is 0 Å². The van der Waals surface area contributed by atoms with Gasteiger partial charge in [-0.1, -0.05) is 43.5 Å². The van der Waals surface area contributed by atoms with Gasteiger partial charge in [-0.15, -0.1) is 0 Å². The highest BCUT2D eigenvalue weighted by atomic mass is 32.2. The zero-order valence-electron chi connectivity index (χ0n) is 22.4. The molecule has 0 aliphatic heterocycles. The molecule has 0 spiro atoms. The van der Waals surface area contributed by atoms with Crippen molar-refractivity contribution in [2.45, 2.75) is 70.5 Å². The number of halogens is 1. The van der Waals surface area contributed by atoms with Crippen LogP contribution in [0.15, 0.2) is 48.5 Å². The number of nitrogens with zero attached hydrogens (tertiary/aromatic N) is 2. The summed E-state index contributed by atoms with van der Waals surface area (Å²) >= 11 is 0. The third-order valence-electron chi connectivity index (χ3n) is 6.90. The van der Waals surface area contributed by atoms with Gasteiger partial charge in [0.25, 0.3) is 0 Å². The second-order valence-electron chi connectivity index (χ2n) is 9.78. The van der Waals surface area contributed by atoms with E-state index >= 15 is 0 Å². The van der Waals surface area contributed by atoms with Gasteiger partial charge in [0, 0.05) is 25.6 Å². The van der Waals surface area contributed by atoms with Crippen LogP contribution in [-0.4, -0.2) is 57.1 Å². The van der Waals surface area contributed by atoms with Crippen molar-refractivity contribution in [1.82, 2.24) is 10.2 Å². The van der Waals surface area contributed by atoms with Gasteiger partial charge in [-0.3, -0.25) is 13.9 Å². The maximum absolute atomic E-state index is 14.3. The molecule has 2 amide bonds. The van der Waals surface area contributed by atoms with Crippen LogP contribution in [0.25, 0.3) is 0 Å². The van der Waals surface area contributed by atoms with Crippen LogP contribution in [0.1, 0.15) is 57.4 Å². The highest BCUT2D eigenvalue weighted by Gasteiger charge is 2.28. The zero-order valence-corrected chi connectivity index (χ0v) is 23.2. The number of amides is 2. The van der Waals surface area contributed by atoms with Gasteiger partial charge in [0.1, 0.15) is 17.6 Å². The first kappa shape index (κ1) is 29.4. The highest BCUT2D eigenvalue weighted by Crippen LogP contribution is 2.23. The van der Waals surface area contributed by atoms with Crippen molar-refractivity contribution >= 4 is 27.5 Å². The Hall–Kier alpha value is -3.14. The van der Waals surface area contributed by atoms with Crippen molar-refractivity contribution in [1.29, 1.82) is 0 Å². The topological polar surface area (TPSA) is 96.0 Å². The molecule has 0 bridgehead atoms. The van der Waals surface area contributed by atoms with E-state index in [-0.39, 0.29) is 49.5 Å². The van der Waals surface area contributed by atoms with E-state index in [0.29, 0.717) is 5.75 Å². The van der Waals surface area contributed by atoms with Crippen LogP contribution in [0.4, 0.5) is 10.1 Å². The Morgan fingerprint density at radius 2 is 1.74 bits per heavy atom. The van der Waals surface area contributed by atoms with Crippen molar-refractivity contribution in [2.24, 2.45) is 0 Å². The van der Waals surface area contributed by atoms with Crippen molar-refractivity contribution < 1.29 is 27.1 Å². The van der Waals surface area contributed by atoms with E-state index in [1.807, 2.05) is 12.1 Å². The number of anilines is 1. The molecular formula is C28H38FN3O5S. The Morgan fingerprint density at radius 1 is 1.08 bits per heavy atom.